The minimum absolute atomic E-state index is 0.224. The first-order valence-electron chi connectivity index (χ1n) is 13.9. The zero-order chi connectivity index (χ0) is 28.8. The fourth-order valence-corrected chi connectivity index (χ4v) is 5.65. The number of aryl methyl sites for hydroxylation is 1. The van der Waals surface area contributed by atoms with E-state index < -0.39 is 6.10 Å². The van der Waals surface area contributed by atoms with Crippen molar-refractivity contribution in [1.29, 1.82) is 0 Å². The van der Waals surface area contributed by atoms with Gasteiger partial charge in [-0.3, -0.25) is 9.36 Å². The lowest BCUT2D eigenvalue weighted by atomic mass is 9.95. The Hall–Kier alpha value is -4.34. The summed E-state index contributed by atoms with van der Waals surface area (Å²) in [5.41, 5.74) is 8.19. The third-order valence-electron chi connectivity index (χ3n) is 7.72. The summed E-state index contributed by atoms with van der Waals surface area (Å²) in [6, 6.07) is 17.9. The molecule has 0 aliphatic carbocycles. The molecule has 2 aromatic carbocycles. The van der Waals surface area contributed by atoms with Gasteiger partial charge in [-0.2, -0.15) is 15.3 Å². The molecule has 0 amide bonds. The van der Waals surface area contributed by atoms with Crippen LogP contribution in [0.15, 0.2) is 67.0 Å². The third-order valence-corrected chi connectivity index (χ3v) is 7.72. The maximum atomic E-state index is 10.8. The lowest BCUT2D eigenvalue weighted by molar-refractivity contribution is 0.116. The van der Waals surface area contributed by atoms with Crippen LogP contribution in [0.5, 0.6) is 0 Å². The Morgan fingerprint density at radius 3 is 2.46 bits per heavy atom. The largest absolute Gasteiger partial charge is 0.386 e. The Bertz CT molecular complexity index is 1850. The number of nitrogens with zero attached hydrogens (tertiary/aromatic N) is 7. The molecule has 6 aromatic rings. The molecule has 4 aromatic heterocycles. The molecule has 6 rings (SSSR count). The molecule has 0 bridgehead atoms. The quantitative estimate of drug-likeness (QED) is 0.249. The number of fused-ring (bicyclic) bond motifs is 2. The summed E-state index contributed by atoms with van der Waals surface area (Å²) < 4.78 is 11.3. The molecule has 4 heterocycles. The topological polar surface area (TPSA) is 95.8 Å². The van der Waals surface area contributed by atoms with E-state index >= 15 is 0 Å². The fraction of sp³-hybridized carbons (Fsp3) is 0.312. The summed E-state index contributed by atoms with van der Waals surface area (Å²) in [6.07, 6.45) is 3.08. The zero-order valence-electron chi connectivity index (χ0n) is 24.3. The molecule has 1 N–H and O–H groups in total. The Balaban J connectivity index is 1.49. The maximum Gasteiger partial charge on any atom is 0.181 e. The van der Waals surface area contributed by atoms with Crippen molar-refractivity contribution < 1.29 is 9.84 Å². The summed E-state index contributed by atoms with van der Waals surface area (Å²) in [4.78, 5) is 4.89. The van der Waals surface area contributed by atoms with Crippen molar-refractivity contribution in [2.75, 3.05) is 7.11 Å². The van der Waals surface area contributed by atoms with Gasteiger partial charge in [-0.1, -0.05) is 56.3 Å². The van der Waals surface area contributed by atoms with Crippen molar-refractivity contribution in [1.82, 2.24) is 34.3 Å². The van der Waals surface area contributed by atoms with Gasteiger partial charge in [0, 0.05) is 54.1 Å². The minimum atomic E-state index is -0.655. The molecule has 9 nitrogen and oxygen atoms in total. The first kappa shape index (κ1) is 26.9. The van der Waals surface area contributed by atoms with E-state index in [2.05, 4.69) is 38.0 Å². The number of hydrogen-bond acceptors (Lipinski definition) is 6. The first-order chi connectivity index (χ1) is 19.7. The second-order valence-electron chi connectivity index (χ2n) is 10.9. The van der Waals surface area contributed by atoms with E-state index in [1.807, 2.05) is 78.2 Å². The van der Waals surface area contributed by atoms with Gasteiger partial charge >= 0.3 is 0 Å². The molecule has 0 aliphatic rings. The normalized spacial score (nSPS) is 13.5. The van der Waals surface area contributed by atoms with Gasteiger partial charge in [0.05, 0.1) is 41.3 Å². The van der Waals surface area contributed by atoms with Gasteiger partial charge < -0.3 is 9.84 Å². The van der Waals surface area contributed by atoms with E-state index in [0.29, 0.717) is 12.2 Å². The molecule has 0 fully saturated rings. The van der Waals surface area contributed by atoms with Crippen LogP contribution in [0.3, 0.4) is 0 Å². The van der Waals surface area contributed by atoms with Crippen LogP contribution in [0.4, 0.5) is 0 Å². The molecule has 0 spiro atoms. The maximum absolute atomic E-state index is 10.8. The highest BCUT2D eigenvalue weighted by atomic mass is 16.5. The molecule has 0 radical (unpaired) electrons. The van der Waals surface area contributed by atoms with E-state index in [-0.39, 0.29) is 12.0 Å². The summed E-state index contributed by atoms with van der Waals surface area (Å²) >= 11 is 0. The smallest absolute Gasteiger partial charge is 0.181 e. The number of aliphatic hydroxyl groups is 1. The second-order valence-corrected chi connectivity index (χ2v) is 10.9. The van der Waals surface area contributed by atoms with Gasteiger partial charge in [-0.15, -0.1) is 0 Å². The Labute approximate surface area is 239 Å². The second kappa shape index (κ2) is 10.6. The Morgan fingerprint density at radius 1 is 0.951 bits per heavy atom. The highest BCUT2D eigenvalue weighted by Crippen LogP contribution is 2.37. The zero-order valence-corrected chi connectivity index (χ0v) is 24.3. The Kier molecular flexibility index (Phi) is 6.93. The van der Waals surface area contributed by atoms with Crippen LogP contribution in [-0.4, -0.2) is 46.5 Å². The SMILES string of the molecule is COC(C)c1nc2nn(C)cc2cc1-n1nc(-c2cccc3nn(C[C@H](O)c4ccccc4)cc23)c(C(C)C)c1C. The highest BCUT2D eigenvalue weighted by molar-refractivity contribution is 5.94. The van der Waals surface area contributed by atoms with Crippen LogP contribution in [0.1, 0.15) is 61.4 Å². The number of ether oxygens (including phenoxy) is 1. The molecule has 0 aliphatic heterocycles. The van der Waals surface area contributed by atoms with Crippen LogP contribution in [0, 0.1) is 6.92 Å². The molecule has 1 unspecified atom stereocenters. The monoisotopic (exact) mass is 549 g/mol. The van der Waals surface area contributed by atoms with Crippen LogP contribution < -0.4 is 0 Å². The summed E-state index contributed by atoms with van der Waals surface area (Å²) in [5.74, 6) is 0.224. The van der Waals surface area contributed by atoms with Crippen molar-refractivity contribution in [2.24, 2.45) is 7.05 Å². The molecule has 0 saturated carbocycles. The number of aromatic nitrogens is 7. The molecule has 0 saturated heterocycles. The van der Waals surface area contributed by atoms with E-state index in [1.54, 1.807) is 11.8 Å². The number of aliphatic hydroxyl groups excluding tert-OH is 1. The molecular weight excluding hydrogens is 514 g/mol. The van der Waals surface area contributed by atoms with Crippen molar-refractivity contribution in [3.8, 4) is 16.9 Å². The molecule has 9 heteroatoms. The van der Waals surface area contributed by atoms with E-state index in [1.165, 1.54) is 0 Å². The molecule has 210 valence electrons. The lowest BCUT2D eigenvalue weighted by Crippen LogP contribution is -2.10. The van der Waals surface area contributed by atoms with Gasteiger partial charge in [-0.25, -0.2) is 9.67 Å². The minimum Gasteiger partial charge on any atom is -0.386 e. The fourth-order valence-electron chi connectivity index (χ4n) is 5.65. The number of pyridine rings is 1. The van der Waals surface area contributed by atoms with Gasteiger partial charge in [0.15, 0.2) is 5.65 Å². The van der Waals surface area contributed by atoms with Crippen molar-refractivity contribution in [3.05, 3.63) is 89.5 Å². The van der Waals surface area contributed by atoms with Crippen molar-refractivity contribution in [3.63, 3.8) is 0 Å². The van der Waals surface area contributed by atoms with Crippen LogP contribution in [0.2, 0.25) is 0 Å². The van der Waals surface area contributed by atoms with E-state index in [4.69, 9.17) is 19.9 Å². The number of hydrogen-bond donors (Lipinski definition) is 1. The average Bonchev–Trinajstić information content (AvgIpc) is 3.65. The molecule has 41 heavy (non-hydrogen) atoms. The molecule has 2 atom stereocenters. The van der Waals surface area contributed by atoms with Gasteiger partial charge in [0.25, 0.3) is 0 Å². The van der Waals surface area contributed by atoms with Gasteiger partial charge in [0.1, 0.15) is 0 Å². The standard InChI is InChI=1S/C32H35N7O2/c1-19(2)29-20(3)39(27-15-23-16-37(5)36-32(23)33-30(27)21(4)41-6)35-31(29)24-13-10-14-26-25(24)17-38(34-26)18-28(40)22-11-8-7-9-12-22/h7-17,19,21,28,40H,18H2,1-6H3/t21?,28-/m0/s1. The van der Waals surface area contributed by atoms with E-state index in [9.17, 15) is 5.11 Å². The molecular formula is C32H35N7O2. The van der Waals surface area contributed by atoms with E-state index in [0.717, 1.165) is 55.7 Å². The summed E-state index contributed by atoms with van der Waals surface area (Å²) in [5, 5.41) is 27.3. The first-order valence-corrected chi connectivity index (χ1v) is 13.9. The average molecular weight is 550 g/mol. The number of benzene rings is 2. The number of rotatable bonds is 8. The summed E-state index contributed by atoms with van der Waals surface area (Å²) in [7, 11) is 3.58. The van der Waals surface area contributed by atoms with Gasteiger partial charge in [0.2, 0.25) is 0 Å². The predicted octanol–water partition coefficient (Wildman–Crippen LogP) is 6.04. The van der Waals surface area contributed by atoms with Crippen LogP contribution >= 0.6 is 0 Å². The Morgan fingerprint density at radius 2 is 1.73 bits per heavy atom. The third kappa shape index (κ3) is 4.81. The van der Waals surface area contributed by atoms with Crippen molar-refractivity contribution >= 4 is 21.9 Å². The van der Waals surface area contributed by atoms with Crippen LogP contribution in [0.25, 0.3) is 38.9 Å². The lowest BCUT2D eigenvalue weighted by Gasteiger charge is -2.15. The van der Waals surface area contributed by atoms with Crippen LogP contribution in [-0.2, 0) is 18.3 Å². The summed E-state index contributed by atoms with van der Waals surface area (Å²) in [6.45, 7) is 8.85. The van der Waals surface area contributed by atoms with Gasteiger partial charge in [-0.05, 0) is 37.5 Å². The van der Waals surface area contributed by atoms with Crippen molar-refractivity contribution in [2.45, 2.75) is 52.4 Å². The predicted molar refractivity (Wildman–Crippen MR) is 160 cm³/mol. The highest BCUT2D eigenvalue weighted by Gasteiger charge is 2.25. The number of methoxy groups -OCH3 is 1.